The minimum atomic E-state index is -0.395. The summed E-state index contributed by atoms with van der Waals surface area (Å²) < 4.78 is 23.3. The van der Waals surface area contributed by atoms with Crippen LogP contribution >= 0.6 is 0 Å². The van der Waals surface area contributed by atoms with E-state index in [9.17, 15) is 9.59 Å². The average molecular weight is 458 g/mol. The molecule has 0 atom stereocenters. The molecule has 0 bridgehead atoms. The third-order valence-electron chi connectivity index (χ3n) is 5.85. The molecule has 3 aromatic carbocycles. The number of hydrogen-bond acceptors (Lipinski definition) is 6. The fourth-order valence-electron chi connectivity index (χ4n) is 4.11. The molecule has 34 heavy (non-hydrogen) atoms. The molecule has 1 aliphatic heterocycles. The van der Waals surface area contributed by atoms with Gasteiger partial charge in [0.1, 0.15) is 5.82 Å². The second-order valence-electron chi connectivity index (χ2n) is 7.72. The number of ether oxygens (including phenoxy) is 4. The zero-order valence-electron chi connectivity index (χ0n) is 18.9. The van der Waals surface area contributed by atoms with Crippen LogP contribution in [0.4, 0.5) is 5.82 Å². The number of anilines is 1. The molecule has 0 fully saturated rings. The van der Waals surface area contributed by atoms with E-state index in [4.69, 9.17) is 18.9 Å². The van der Waals surface area contributed by atoms with E-state index in [1.165, 1.54) is 14.2 Å². The number of amides is 1. The first-order valence-corrected chi connectivity index (χ1v) is 10.6. The van der Waals surface area contributed by atoms with Crippen LogP contribution in [0.5, 0.6) is 23.0 Å². The highest BCUT2D eigenvalue weighted by Crippen LogP contribution is 2.38. The van der Waals surface area contributed by atoms with Crippen molar-refractivity contribution < 1.29 is 23.7 Å². The molecule has 1 N–H and O–H groups in total. The highest BCUT2D eigenvalue weighted by Gasteiger charge is 2.22. The van der Waals surface area contributed by atoms with Gasteiger partial charge in [0, 0.05) is 18.0 Å². The summed E-state index contributed by atoms with van der Waals surface area (Å²) in [7, 11) is 4.84. The number of aromatic nitrogens is 1. The molecule has 0 aliphatic carbocycles. The number of benzene rings is 3. The molecule has 0 saturated heterocycles. The van der Waals surface area contributed by atoms with Crippen molar-refractivity contribution in [2.24, 2.45) is 7.05 Å². The standard InChI is InChI=1S/C26H22N2O6/c1-28-18-7-5-4-6-17(18)24(29)23(15-8-11-20-22(12-15)34-14-33-20)25(28)27-26(30)16-9-10-19(31-2)21(13-16)32-3/h4-13H,14H2,1-3H3,(H,27,30). The maximum absolute atomic E-state index is 13.6. The van der Waals surface area contributed by atoms with E-state index < -0.39 is 5.91 Å². The van der Waals surface area contributed by atoms with Crippen LogP contribution in [0.3, 0.4) is 0 Å². The summed E-state index contributed by atoms with van der Waals surface area (Å²) in [5.41, 5.74) is 1.82. The molecule has 0 unspecified atom stereocenters. The Morgan fingerprint density at radius 2 is 1.71 bits per heavy atom. The minimum absolute atomic E-state index is 0.122. The van der Waals surface area contributed by atoms with Gasteiger partial charge in [0.2, 0.25) is 6.79 Å². The van der Waals surface area contributed by atoms with Gasteiger partial charge in [-0.15, -0.1) is 0 Å². The van der Waals surface area contributed by atoms with Crippen LogP contribution in [-0.4, -0.2) is 31.5 Å². The number of hydrogen-bond donors (Lipinski definition) is 1. The molecule has 4 aromatic rings. The van der Waals surface area contributed by atoms with Crippen molar-refractivity contribution >= 4 is 22.6 Å². The number of carbonyl (C=O) groups excluding carboxylic acids is 1. The minimum Gasteiger partial charge on any atom is -0.493 e. The second kappa shape index (κ2) is 8.47. The van der Waals surface area contributed by atoms with Crippen molar-refractivity contribution in [2.45, 2.75) is 0 Å². The smallest absolute Gasteiger partial charge is 0.256 e. The van der Waals surface area contributed by atoms with E-state index >= 15 is 0 Å². The van der Waals surface area contributed by atoms with Crippen LogP contribution in [0.25, 0.3) is 22.0 Å². The Bertz CT molecular complexity index is 1490. The van der Waals surface area contributed by atoms with Crippen molar-refractivity contribution in [3.63, 3.8) is 0 Å². The quantitative estimate of drug-likeness (QED) is 0.482. The maximum Gasteiger partial charge on any atom is 0.256 e. The van der Waals surface area contributed by atoms with Gasteiger partial charge in [-0.1, -0.05) is 18.2 Å². The van der Waals surface area contributed by atoms with Crippen LogP contribution < -0.4 is 29.7 Å². The third-order valence-corrected chi connectivity index (χ3v) is 5.85. The summed E-state index contributed by atoms with van der Waals surface area (Å²) in [6, 6.07) is 17.4. The lowest BCUT2D eigenvalue weighted by Gasteiger charge is -2.19. The Morgan fingerprint density at radius 1 is 0.941 bits per heavy atom. The predicted octanol–water partition coefficient (Wildman–Crippen LogP) is 4.20. The Labute approximate surface area is 195 Å². The number of aryl methyl sites for hydroxylation is 1. The lowest BCUT2D eigenvalue weighted by atomic mass is 10.0. The van der Waals surface area contributed by atoms with Gasteiger partial charge in [0.15, 0.2) is 28.4 Å². The summed E-state index contributed by atoms with van der Waals surface area (Å²) in [5.74, 6) is 2.06. The number of rotatable bonds is 5. The van der Waals surface area contributed by atoms with Crippen LogP contribution in [0.15, 0.2) is 65.5 Å². The number of nitrogens with one attached hydrogen (secondary N) is 1. The second-order valence-corrected chi connectivity index (χ2v) is 7.72. The van der Waals surface area contributed by atoms with Crippen LogP contribution in [-0.2, 0) is 7.05 Å². The van der Waals surface area contributed by atoms with E-state index in [1.54, 1.807) is 47.0 Å². The molecule has 0 radical (unpaired) electrons. The first-order valence-electron chi connectivity index (χ1n) is 10.6. The Kier molecular flexibility index (Phi) is 5.33. The molecule has 172 valence electrons. The fourth-order valence-corrected chi connectivity index (χ4v) is 4.11. The van der Waals surface area contributed by atoms with Gasteiger partial charge in [0.25, 0.3) is 5.91 Å². The van der Waals surface area contributed by atoms with E-state index in [0.29, 0.717) is 56.4 Å². The molecular weight excluding hydrogens is 436 g/mol. The molecule has 1 aromatic heterocycles. The largest absolute Gasteiger partial charge is 0.493 e. The number of nitrogens with zero attached hydrogens (tertiary/aromatic N) is 1. The van der Waals surface area contributed by atoms with Gasteiger partial charge in [-0.25, -0.2) is 0 Å². The Balaban J connectivity index is 1.67. The molecule has 1 amide bonds. The van der Waals surface area contributed by atoms with Crippen molar-refractivity contribution in [1.82, 2.24) is 4.57 Å². The number of methoxy groups -OCH3 is 2. The number of carbonyl (C=O) groups is 1. The van der Waals surface area contributed by atoms with Crippen LogP contribution in [0.1, 0.15) is 10.4 Å². The SMILES string of the molecule is COc1ccc(C(=O)Nc2c(-c3ccc4c(c3)OCO4)c(=O)c3ccccc3n2C)cc1OC. The van der Waals surface area contributed by atoms with Gasteiger partial charge in [0.05, 0.1) is 25.3 Å². The summed E-state index contributed by atoms with van der Waals surface area (Å²) in [6.07, 6.45) is 0. The molecule has 8 heteroatoms. The molecule has 1 aliphatic rings. The van der Waals surface area contributed by atoms with Crippen LogP contribution in [0.2, 0.25) is 0 Å². The third kappa shape index (κ3) is 3.49. The van der Waals surface area contributed by atoms with E-state index in [2.05, 4.69) is 5.32 Å². The van der Waals surface area contributed by atoms with Crippen molar-refractivity contribution in [3.05, 3.63) is 76.5 Å². The normalized spacial score (nSPS) is 12.0. The lowest BCUT2D eigenvalue weighted by molar-refractivity contribution is 0.102. The summed E-state index contributed by atoms with van der Waals surface area (Å²) in [4.78, 5) is 26.9. The molecular formula is C26H22N2O6. The van der Waals surface area contributed by atoms with E-state index in [-0.39, 0.29) is 12.2 Å². The lowest BCUT2D eigenvalue weighted by Crippen LogP contribution is -2.21. The molecule has 5 rings (SSSR count). The van der Waals surface area contributed by atoms with E-state index in [0.717, 1.165) is 0 Å². The van der Waals surface area contributed by atoms with Gasteiger partial charge in [-0.2, -0.15) is 0 Å². The highest BCUT2D eigenvalue weighted by molar-refractivity contribution is 6.07. The molecule has 0 saturated carbocycles. The van der Waals surface area contributed by atoms with Gasteiger partial charge < -0.3 is 28.8 Å². The Hall–Kier alpha value is -4.46. The first kappa shape index (κ1) is 21.4. The number of fused-ring (bicyclic) bond motifs is 2. The summed E-state index contributed by atoms with van der Waals surface area (Å²) >= 11 is 0. The summed E-state index contributed by atoms with van der Waals surface area (Å²) in [6.45, 7) is 0.122. The Morgan fingerprint density at radius 3 is 2.50 bits per heavy atom. The van der Waals surface area contributed by atoms with Crippen molar-refractivity contribution in [2.75, 3.05) is 26.3 Å². The van der Waals surface area contributed by atoms with Gasteiger partial charge in [-0.05, 0) is 48.0 Å². The van der Waals surface area contributed by atoms with Crippen molar-refractivity contribution in [1.29, 1.82) is 0 Å². The number of para-hydroxylation sites is 1. The highest BCUT2D eigenvalue weighted by atomic mass is 16.7. The average Bonchev–Trinajstić information content (AvgIpc) is 3.34. The fraction of sp³-hybridized carbons (Fsp3) is 0.154. The number of pyridine rings is 1. The topological polar surface area (TPSA) is 88.0 Å². The van der Waals surface area contributed by atoms with E-state index in [1.807, 2.05) is 25.2 Å². The molecule has 0 spiro atoms. The van der Waals surface area contributed by atoms with Gasteiger partial charge >= 0.3 is 0 Å². The summed E-state index contributed by atoms with van der Waals surface area (Å²) in [5, 5.41) is 3.48. The molecule has 2 heterocycles. The first-order chi connectivity index (χ1) is 16.5. The predicted molar refractivity (Wildman–Crippen MR) is 128 cm³/mol. The van der Waals surface area contributed by atoms with Crippen LogP contribution in [0, 0.1) is 0 Å². The van der Waals surface area contributed by atoms with Crippen molar-refractivity contribution in [3.8, 4) is 34.1 Å². The molecule has 8 nitrogen and oxygen atoms in total. The maximum atomic E-state index is 13.6. The monoisotopic (exact) mass is 458 g/mol. The zero-order chi connectivity index (χ0) is 23.8. The zero-order valence-corrected chi connectivity index (χ0v) is 18.9. The van der Waals surface area contributed by atoms with Gasteiger partial charge in [-0.3, -0.25) is 9.59 Å².